The van der Waals surface area contributed by atoms with Crippen molar-refractivity contribution in [3.05, 3.63) is 55.1 Å². The van der Waals surface area contributed by atoms with Gasteiger partial charge >= 0.3 is 0 Å². The number of hydrogen-bond donors (Lipinski definition) is 1. The monoisotopic (exact) mass is 234 g/mol. The van der Waals surface area contributed by atoms with E-state index in [2.05, 4.69) is 22.1 Å². The number of pyridine rings is 1. The molecule has 4 rings (SSSR count). The number of nitrogens with one attached hydrogen (secondary N) is 1. The molecular formula is C15H10N2O. The van der Waals surface area contributed by atoms with E-state index in [1.807, 2.05) is 30.5 Å². The number of H-pyrrole nitrogens is 1. The van der Waals surface area contributed by atoms with Gasteiger partial charge in [0.2, 0.25) is 0 Å². The second-order valence-electron chi connectivity index (χ2n) is 4.25. The van der Waals surface area contributed by atoms with Crippen molar-refractivity contribution in [3.8, 4) is 11.1 Å². The summed E-state index contributed by atoms with van der Waals surface area (Å²) in [5, 5.41) is 2.24. The number of fused-ring (bicyclic) bond motifs is 2. The van der Waals surface area contributed by atoms with E-state index in [0.29, 0.717) is 0 Å². The summed E-state index contributed by atoms with van der Waals surface area (Å²) in [5.74, 6) is 0. The van der Waals surface area contributed by atoms with E-state index in [0.717, 1.165) is 33.1 Å². The summed E-state index contributed by atoms with van der Waals surface area (Å²) in [6, 6.07) is 12.1. The lowest BCUT2D eigenvalue weighted by Crippen LogP contribution is -1.74. The van der Waals surface area contributed by atoms with Crippen LogP contribution in [0.5, 0.6) is 0 Å². The number of aromatic nitrogens is 2. The molecule has 0 aliphatic heterocycles. The Balaban J connectivity index is 2.08. The molecule has 18 heavy (non-hydrogen) atoms. The van der Waals surface area contributed by atoms with Gasteiger partial charge in [-0.3, -0.25) is 0 Å². The van der Waals surface area contributed by atoms with E-state index >= 15 is 0 Å². The van der Waals surface area contributed by atoms with Crippen LogP contribution in [0, 0.1) is 0 Å². The third kappa shape index (κ3) is 1.21. The Bertz CT molecular complexity index is 770. The molecule has 0 bridgehead atoms. The lowest BCUT2D eigenvalue weighted by atomic mass is 10.1. The van der Waals surface area contributed by atoms with Gasteiger partial charge in [0.05, 0.1) is 6.26 Å². The highest BCUT2D eigenvalue weighted by atomic mass is 16.3. The van der Waals surface area contributed by atoms with Crippen molar-refractivity contribution in [2.75, 3.05) is 0 Å². The molecule has 0 atom stereocenters. The molecule has 86 valence electrons. The van der Waals surface area contributed by atoms with Crippen LogP contribution in [-0.4, -0.2) is 9.97 Å². The molecule has 0 fully saturated rings. The normalized spacial score (nSPS) is 11.3. The number of aromatic amines is 1. The highest BCUT2D eigenvalue weighted by molar-refractivity contribution is 6.02. The topological polar surface area (TPSA) is 41.8 Å². The fourth-order valence-corrected chi connectivity index (χ4v) is 2.37. The molecule has 3 aromatic heterocycles. The van der Waals surface area contributed by atoms with Gasteiger partial charge in [-0.25, -0.2) is 4.98 Å². The molecule has 3 heterocycles. The predicted molar refractivity (Wildman–Crippen MR) is 71.3 cm³/mol. The average molecular weight is 234 g/mol. The Kier molecular flexibility index (Phi) is 1.83. The van der Waals surface area contributed by atoms with Crippen molar-refractivity contribution < 1.29 is 4.42 Å². The number of benzene rings is 1. The maximum absolute atomic E-state index is 5.59. The summed E-state index contributed by atoms with van der Waals surface area (Å²) in [7, 11) is 0. The van der Waals surface area contributed by atoms with Gasteiger partial charge in [0.1, 0.15) is 11.2 Å². The SMILES string of the molecule is c1ccc2c(-c3c[nH]c4ncccc34)coc2c1. The molecule has 0 aliphatic rings. The van der Waals surface area contributed by atoms with E-state index in [1.165, 1.54) is 0 Å². The van der Waals surface area contributed by atoms with Gasteiger partial charge in [-0.1, -0.05) is 18.2 Å². The number of hydrogen-bond acceptors (Lipinski definition) is 2. The molecule has 0 spiro atoms. The standard InChI is InChI=1S/C15H10N2O/c1-2-6-14-10(4-1)13(9-18-14)12-8-17-15-11(12)5-3-7-16-15/h1-9H,(H,16,17). The van der Waals surface area contributed by atoms with Crippen LogP contribution in [0.4, 0.5) is 0 Å². The van der Waals surface area contributed by atoms with Gasteiger partial charge in [-0.05, 0) is 18.2 Å². The van der Waals surface area contributed by atoms with Crippen molar-refractivity contribution >= 4 is 22.0 Å². The zero-order chi connectivity index (χ0) is 11.9. The first-order valence-electron chi connectivity index (χ1n) is 5.82. The van der Waals surface area contributed by atoms with Gasteiger partial charge in [-0.15, -0.1) is 0 Å². The molecule has 0 aliphatic carbocycles. The van der Waals surface area contributed by atoms with Crippen LogP contribution in [0.3, 0.4) is 0 Å². The quantitative estimate of drug-likeness (QED) is 0.541. The number of para-hydroxylation sites is 1. The van der Waals surface area contributed by atoms with Gasteiger partial charge in [0.15, 0.2) is 0 Å². The van der Waals surface area contributed by atoms with E-state index in [-0.39, 0.29) is 0 Å². The van der Waals surface area contributed by atoms with Crippen LogP contribution in [0.1, 0.15) is 0 Å². The molecule has 3 heteroatoms. The van der Waals surface area contributed by atoms with Crippen LogP contribution in [0.25, 0.3) is 33.1 Å². The smallest absolute Gasteiger partial charge is 0.137 e. The Morgan fingerprint density at radius 1 is 0.944 bits per heavy atom. The van der Waals surface area contributed by atoms with Crippen molar-refractivity contribution in [1.82, 2.24) is 9.97 Å². The minimum absolute atomic E-state index is 0.901. The van der Waals surface area contributed by atoms with Gasteiger partial charge in [0.25, 0.3) is 0 Å². The molecule has 0 saturated carbocycles. The maximum Gasteiger partial charge on any atom is 0.137 e. The van der Waals surface area contributed by atoms with Crippen LogP contribution in [0.15, 0.2) is 59.5 Å². The van der Waals surface area contributed by atoms with E-state index in [9.17, 15) is 0 Å². The molecule has 1 aromatic carbocycles. The Morgan fingerprint density at radius 3 is 2.83 bits per heavy atom. The molecule has 1 N–H and O–H groups in total. The average Bonchev–Trinajstić information content (AvgIpc) is 3.01. The molecule has 0 amide bonds. The predicted octanol–water partition coefficient (Wildman–Crippen LogP) is 3.98. The number of nitrogens with zero attached hydrogens (tertiary/aromatic N) is 1. The van der Waals surface area contributed by atoms with E-state index < -0.39 is 0 Å². The second-order valence-corrected chi connectivity index (χ2v) is 4.25. The summed E-state index contributed by atoms with van der Waals surface area (Å²) < 4.78 is 5.59. The Morgan fingerprint density at radius 2 is 1.83 bits per heavy atom. The largest absolute Gasteiger partial charge is 0.464 e. The fourth-order valence-electron chi connectivity index (χ4n) is 2.37. The minimum atomic E-state index is 0.901. The van der Waals surface area contributed by atoms with Gasteiger partial charge < -0.3 is 9.40 Å². The number of furan rings is 1. The van der Waals surface area contributed by atoms with Crippen LogP contribution in [0.2, 0.25) is 0 Å². The van der Waals surface area contributed by atoms with Crippen molar-refractivity contribution in [2.24, 2.45) is 0 Å². The molecule has 0 unspecified atom stereocenters. The first-order chi connectivity index (χ1) is 8.93. The second kappa shape index (κ2) is 3.47. The van der Waals surface area contributed by atoms with Crippen molar-refractivity contribution in [2.45, 2.75) is 0 Å². The van der Waals surface area contributed by atoms with Crippen LogP contribution in [-0.2, 0) is 0 Å². The molecular weight excluding hydrogens is 224 g/mol. The van der Waals surface area contributed by atoms with Crippen LogP contribution < -0.4 is 0 Å². The molecule has 0 saturated heterocycles. The Labute approximate surface area is 103 Å². The zero-order valence-corrected chi connectivity index (χ0v) is 9.55. The summed E-state index contributed by atoms with van der Waals surface area (Å²) in [4.78, 5) is 7.49. The number of rotatable bonds is 1. The van der Waals surface area contributed by atoms with Crippen molar-refractivity contribution in [3.63, 3.8) is 0 Å². The van der Waals surface area contributed by atoms with E-state index in [4.69, 9.17) is 4.42 Å². The Hall–Kier alpha value is -2.55. The maximum atomic E-state index is 5.59. The minimum Gasteiger partial charge on any atom is -0.464 e. The van der Waals surface area contributed by atoms with E-state index in [1.54, 1.807) is 12.5 Å². The lowest BCUT2D eigenvalue weighted by Gasteiger charge is -1.95. The zero-order valence-electron chi connectivity index (χ0n) is 9.55. The van der Waals surface area contributed by atoms with Gasteiger partial charge in [0, 0.05) is 34.3 Å². The molecule has 3 nitrogen and oxygen atoms in total. The molecule has 4 aromatic rings. The fraction of sp³-hybridized carbons (Fsp3) is 0. The summed E-state index contributed by atoms with van der Waals surface area (Å²) in [6.07, 6.45) is 5.57. The highest BCUT2D eigenvalue weighted by Gasteiger charge is 2.11. The highest BCUT2D eigenvalue weighted by Crippen LogP contribution is 2.34. The van der Waals surface area contributed by atoms with Crippen molar-refractivity contribution in [1.29, 1.82) is 0 Å². The lowest BCUT2D eigenvalue weighted by molar-refractivity contribution is 0.617. The summed E-state index contributed by atoms with van der Waals surface area (Å²) in [6.45, 7) is 0. The first-order valence-corrected chi connectivity index (χ1v) is 5.82. The van der Waals surface area contributed by atoms with Crippen LogP contribution >= 0.6 is 0 Å². The van der Waals surface area contributed by atoms with Gasteiger partial charge in [-0.2, -0.15) is 0 Å². The summed E-state index contributed by atoms with van der Waals surface area (Å²) >= 11 is 0. The third-order valence-electron chi connectivity index (χ3n) is 3.22. The third-order valence-corrected chi connectivity index (χ3v) is 3.22. The molecule has 0 radical (unpaired) electrons. The first kappa shape index (κ1) is 9.48. The summed E-state index contributed by atoms with van der Waals surface area (Å²) in [5.41, 5.74) is 4.04.